The molecule has 3 rings (SSSR count). The van der Waals surface area contributed by atoms with Gasteiger partial charge in [-0.3, -0.25) is 0 Å². The lowest BCUT2D eigenvalue weighted by Gasteiger charge is -2.27. The van der Waals surface area contributed by atoms with Crippen molar-refractivity contribution in [1.29, 1.82) is 0 Å². The molecule has 0 bridgehead atoms. The Balaban J connectivity index is 1.63. The lowest BCUT2D eigenvalue weighted by atomic mass is 9.98. The molecule has 19 heavy (non-hydrogen) atoms. The fraction of sp³-hybridized carbons (Fsp3) is 0.571. The monoisotopic (exact) mass is 281 g/mol. The number of rotatable bonds is 3. The molecule has 1 N–H and O–H groups in total. The number of hydrogen-bond acceptors (Lipinski definition) is 4. The maximum Gasteiger partial charge on any atom is 0.150 e. The van der Waals surface area contributed by atoms with Crippen molar-refractivity contribution >= 4 is 9.84 Å². The van der Waals surface area contributed by atoms with E-state index in [2.05, 4.69) is 17.4 Å². The molecule has 2 heterocycles. The fourth-order valence-corrected chi connectivity index (χ4v) is 4.75. The molecule has 0 aliphatic carbocycles. The van der Waals surface area contributed by atoms with Crippen LogP contribution < -0.4 is 5.32 Å². The van der Waals surface area contributed by atoms with Crippen molar-refractivity contribution in [3.05, 3.63) is 35.4 Å². The van der Waals surface area contributed by atoms with Crippen molar-refractivity contribution in [2.75, 3.05) is 24.7 Å². The summed E-state index contributed by atoms with van der Waals surface area (Å²) in [5.41, 5.74) is 2.51. The van der Waals surface area contributed by atoms with Gasteiger partial charge in [-0.1, -0.05) is 24.3 Å². The van der Waals surface area contributed by atoms with E-state index in [9.17, 15) is 8.42 Å². The molecule has 1 saturated heterocycles. The van der Waals surface area contributed by atoms with Crippen molar-refractivity contribution in [3.8, 4) is 0 Å². The minimum absolute atomic E-state index is 0.188. The summed E-state index contributed by atoms with van der Waals surface area (Å²) >= 11 is 0. The van der Waals surface area contributed by atoms with E-state index in [0.717, 1.165) is 13.0 Å². The van der Waals surface area contributed by atoms with Crippen molar-refractivity contribution in [2.24, 2.45) is 5.92 Å². The van der Waals surface area contributed by atoms with E-state index in [-0.39, 0.29) is 12.0 Å². The largest absolute Gasteiger partial charge is 0.375 e. The second kappa shape index (κ2) is 5.23. The van der Waals surface area contributed by atoms with Crippen LogP contribution in [-0.2, 0) is 21.2 Å². The lowest BCUT2D eigenvalue weighted by Crippen LogP contribution is -2.33. The Morgan fingerprint density at radius 1 is 1.32 bits per heavy atom. The number of benzene rings is 1. The Kier molecular flexibility index (Phi) is 3.60. The molecule has 0 saturated carbocycles. The van der Waals surface area contributed by atoms with Gasteiger partial charge in [-0.25, -0.2) is 8.42 Å². The van der Waals surface area contributed by atoms with Crippen LogP contribution in [0, 0.1) is 5.92 Å². The first-order valence-corrected chi connectivity index (χ1v) is 8.55. The number of nitrogens with one attached hydrogen (secondary N) is 1. The zero-order valence-corrected chi connectivity index (χ0v) is 11.7. The highest BCUT2D eigenvalue weighted by Gasteiger charge is 2.29. The first-order chi connectivity index (χ1) is 9.14. The van der Waals surface area contributed by atoms with E-state index < -0.39 is 9.84 Å². The van der Waals surface area contributed by atoms with E-state index in [1.165, 1.54) is 11.1 Å². The van der Waals surface area contributed by atoms with Crippen LogP contribution in [0.15, 0.2) is 24.3 Å². The third kappa shape index (κ3) is 2.99. The molecule has 2 aliphatic heterocycles. The van der Waals surface area contributed by atoms with Gasteiger partial charge in [-0.2, -0.15) is 0 Å². The zero-order valence-electron chi connectivity index (χ0n) is 10.8. The summed E-state index contributed by atoms with van der Waals surface area (Å²) in [6.07, 6.45) is 0.782. The van der Waals surface area contributed by atoms with Crippen LogP contribution in [0.4, 0.5) is 0 Å². The van der Waals surface area contributed by atoms with Crippen molar-refractivity contribution in [3.63, 3.8) is 0 Å². The fourth-order valence-electron chi connectivity index (χ4n) is 2.89. The molecule has 0 aromatic heterocycles. The molecule has 2 aliphatic rings. The smallest absolute Gasteiger partial charge is 0.150 e. The van der Waals surface area contributed by atoms with E-state index >= 15 is 0 Å². The van der Waals surface area contributed by atoms with Crippen molar-refractivity contribution in [1.82, 2.24) is 5.32 Å². The molecule has 2 unspecified atom stereocenters. The van der Waals surface area contributed by atoms with Crippen LogP contribution in [0.3, 0.4) is 0 Å². The quantitative estimate of drug-likeness (QED) is 0.907. The summed E-state index contributed by atoms with van der Waals surface area (Å²) < 4.78 is 28.5. The van der Waals surface area contributed by atoms with Crippen LogP contribution in [0.5, 0.6) is 0 Å². The van der Waals surface area contributed by atoms with Crippen LogP contribution in [0.2, 0.25) is 0 Å². The molecular weight excluding hydrogens is 262 g/mol. The minimum atomic E-state index is -2.78. The molecule has 1 fully saturated rings. The maximum atomic E-state index is 11.4. The molecule has 4 nitrogen and oxygen atoms in total. The molecule has 1 aromatic rings. The third-order valence-electron chi connectivity index (χ3n) is 3.95. The molecule has 1 aromatic carbocycles. The van der Waals surface area contributed by atoms with Gasteiger partial charge in [0, 0.05) is 0 Å². The summed E-state index contributed by atoms with van der Waals surface area (Å²) in [5, 5.41) is 3.47. The molecule has 0 amide bonds. The minimum Gasteiger partial charge on any atom is -0.375 e. The van der Waals surface area contributed by atoms with E-state index in [4.69, 9.17) is 4.74 Å². The predicted octanol–water partition coefficient (Wildman–Crippen LogP) is 1.28. The average Bonchev–Trinajstić information content (AvgIpc) is 2.76. The second-order valence-corrected chi connectivity index (χ2v) is 7.67. The Morgan fingerprint density at radius 3 is 2.95 bits per heavy atom. The summed E-state index contributed by atoms with van der Waals surface area (Å²) in [6, 6.07) is 8.46. The standard InChI is InChI=1S/C14H19NO3S/c16-19(17)6-5-11(10-19)7-15-14-9-18-8-12-3-1-2-4-13(12)14/h1-4,11,14-15H,5-10H2. The van der Waals surface area contributed by atoms with Crippen LogP contribution >= 0.6 is 0 Å². The summed E-state index contributed by atoms with van der Waals surface area (Å²) in [6.45, 7) is 2.09. The van der Waals surface area contributed by atoms with Gasteiger partial charge in [0.2, 0.25) is 0 Å². The average molecular weight is 281 g/mol. The lowest BCUT2D eigenvalue weighted by molar-refractivity contribution is 0.0812. The van der Waals surface area contributed by atoms with Gasteiger partial charge < -0.3 is 10.1 Å². The van der Waals surface area contributed by atoms with Crippen molar-refractivity contribution in [2.45, 2.75) is 19.1 Å². The molecule has 0 radical (unpaired) electrons. The Morgan fingerprint density at radius 2 is 2.16 bits per heavy atom. The van der Waals surface area contributed by atoms with E-state index in [1.807, 2.05) is 12.1 Å². The summed E-state index contributed by atoms with van der Waals surface area (Å²) in [5.74, 6) is 0.922. The highest BCUT2D eigenvalue weighted by Crippen LogP contribution is 2.25. The first kappa shape index (κ1) is 13.1. The van der Waals surface area contributed by atoms with Crippen molar-refractivity contribution < 1.29 is 13.2 Å². The second-order valence-electron chi connectivity index (χ2n) is 5.44. The maximum absolute atomic E-state index is 11.4. The normalized spacial score (nSPS) is 29.1. The van der Waals surface area contributed by atoms with Gasteiger partial charge >= 0.3 is 0 Å². The molecular formula is C14H19NO3S. The van der Waals surface area contributed by atoms with Gasteiger partial charge in [-0.15, -0.1) is 0 Å². The van der Waals surface area contributed by atoms with E-state index in [0.29, 0.717) is 24.7 Å². The molecule has 104 valence electrons. The van der Waals surface area contributed by atoms with Gasteiger partial charge in [0.15, 0.2) is 9.84 Å². The Hall–Kier alpha value is -0.910. The first-order valence-electron chi connectivity index (χ1n) is 6.73. The summed E-state index contributed by atoms with van der Waals surface area (Å²) in [4.78, 5) is 0. The van der Waals surface area contributed by atoms with Crippen LogP contribution in [0.25, 0.3) is 0 Å². The number of fused-ring (bicyclic) bond motifs is 1. The Bertz CT molecular complexity index is 556. The van der Waals surface area contributed by atoms with Crippen LogP contribution in [-0.4, -0.2) is 33.1 Å². The van der Waals surface area contributed by atoms with Gasteiger partial charge in [-0.05, 0) is 30.0 Å². The van der Waals surface area contributed by atoms with E-state index in [1.54, 1.807) is 0 Å². The highest BCUT2D eigenvalue weighted by molar-refractivity contribution is 7.91. The topological polar surface area (TPSA) is 55.4 Å². The number of sulfone groups is 1. The molecule has 5 heteroatoms. The number of ether oxygens (including phenoxy) is 1. The van der Waals surface area contributed by atoms with Gasteiger partial charge in [0.25, 0.3) is 0 Å². The SMILES string of the molecule is O=S1(=O)CCC(CNC2COCc3ccccc32)C1. The highest BCUT2D eigenvalue weighted by atomic mass is 32.2. The Labute approximate surface area is 114 Å². The van der Waals surface area contributed by atoms with Gasteiger partial charge in [0.1, 0.15) is 0 Å². The molecule has 0 spiro atoms. The van der Waals surface area contributed by atoms with Gasteiger partial charge in [0.05, 0.1) is 30.8 Å². The predicted molar refractivity (Wildman–Crippen MR) is 73.6 cm³/mol. The van der Waals surface area contributed by atoms with Crippen LogP contribution in [0.1, 0.15) is 23.6 Å². The zero-order chi connectivity index (χ0) is 13.3. The summed E-state index contributed by atoms with van der Waals surface area (Å²) in [7, 11) is -2.78. The molecule has 2 atom stereocenters. The number of hydrogen-bond donors (Lipinski definition) is 1. The third-order valence-corrected chi connectivity index (χ3v) is 5.79.